The van der Waals surface area contributed by atoms with Crippen LogP contribution in [0.5, 0.6) is 11.5 Å². The van der Waals surface area contributed by atoms with Gasteiger partial charge in [0, 0.05) is 26.2 Å². The Morgan fingerprint density at radius 2 is 1.95 bits per heavy atom. The zero-order valence-corrected chi connectivity index (χ0v) is 12.4. The number of ether oxygens (including phenoxy) is 3. The molecule has 5 nitrogen and oxygen atoms in total. The number of hydrogen-bond acceptors (Lipinski definition) is 5. The number of hydrogen-bond donors (Lipinski definition) is 2. The smallest absolute Gasteiger partial charge is 0.387 e. The summed E-state index contributed by atoms with van der Waals surface area (Å²) in [7, 11) is 3.01. The number of rotatable bonds is 9. The van der Waals surface area contributed by atoms with E-state index >= 15 is 0 Å². The summed E-state index contributed by atoms with van der Waals surface area (Å²) in [5.41, 5.74) is 6.48. The molecule has 2 unspecified atom stereocenters. The molecule has 21 heavy (non-hydrogen) atoms. The molecule has 120 valence electrons. The van der Waals surface area contributed by atoms with Crippen LogP contribution in [0, 0.1) is 0 Å². The van der Waals surface area contributed by atoms with E-state index in [1.807, 2.05) is 6.92 Å². The van der Waals surface area contributed by atoms with Gasteiger partial charge in [-0.25, -0.2) is 0 Å². The van der Waals surface area contributed by atoms with Crippen LogP contribution in [-0.2, 0) is 4.74 Å². The zero-order chi connectivity index (χ0) is 15.8. The first kappa shape index (κ1) is 17.6. The molecule has 0 heterocycles. The molecule has 0 aliphatic rings. The highest BCUT2D eigenvalue weighted by Crippen LogP contribution is 2.31. The van der Waals surface area contributed by atoms with E-state index in [1.54, 1.807) is 19.2 Å². The molecular weight excluding hydrogens is 282 g/mol. The van der Waals surface area contributed by atoms with Crippen molar-refractivity contribution in [3.63, 3.8) is 0 Å². The van der Waals surface area contributed by atoms with Gasteiger partial charge in [0.25, 0.3) is 0 Å². The Morgan fingerprint density at radius 3 is 2.48 bits per heavy atom. The fourth-order valence-electron chi connectivity index (χ4n) is 1.83. The summed E-state index contributed by atoms with van der Waals surface area (Å²) in [6.07, 6.45) is 0.0223. The first-order valence-corrected chi connectivity index (χ1v) is 6.60. The van der Waals surface area contributed by atoms with Crippen LogP contribution in [0.4, 0.5) is 8.78 Å². The second-order valence-electron chi connectivity index (χ2n) is 4.53. The van der Waals surface area contributed by atoms with E-state index < -0.39 is 6.61 Å². The van der Waals surface area contributed by atoms with E-state index in [4.69, 9.17) is 15.2 Å². The van der Waals surface area contributed by atoms with Crippen molar-refractivity contribution in [3.05, 3.63) is 23.8 Å². The lowest BCUT2D eigenvalue weighted by molar-refractivity contribution is -0.0512. The van der Waals surface area contributed by atoms with Gasteiger partial charge in [-0.15, -0.1) is 0 Å². The average molecular weight is 304 g/mol. The Balaban J connectivity index is 2.88. The van der Waals surface area contributed by atoms with Gasteiger partial charge >= 0.3 is 6.61 Å². The van der Waals surface area contributed by atoms with Gasteiger partial charge in [-0.1, -0.05) is 6.07 Å². The van der Waals surface area contributed by atoms with E-state index in [0.717, 1.165) is 5.56 Å². The van der Waals surface area contributed by atoms with E-state index in [0.29, 0.717) is 13.1 Å². The van der Waals surface area contributed by atoms with Crippen LogP contribution >= 0.6 is 0 Å². The van der Waals surface area contributed by atoms with Gasteiger partial charge in [0.2, 0.25) is 0 Å². The first-order chi connectivity index (χ1) is 10.0. The molecule has 0 spiro atoms. The predicted octanol–water partition coefficient (Wildman–Crippen LogP) is 1.92. The van der Waals surface area contributed by atoms with Crippen LogP contribution in [0.1, 0.15) is 18.5 Å². The summed E-state index contributed by atoms with van der Waals surface area (Å²) in [5, 5.41) is 3.22. The molecule has 2 atom stereocenters. The summed E-state index contributed by atoms with van der Waals surface area (Å²) in [6, 6.07) is 4.66. The minimum atomic E-state index is -2.91. The molecule has 1 aromatic rings. The molecule has 0 radical (unpaired) electrons. The normalized spacial score (nSPS) is 14.0. The molecule has 0 bridgehead atoms. The minimum Gasteiger partial charge on any atom is -0.493 e. The number of alkyl halides is 2. The summed E-state index contributed by atoms with van der Waals surface area (Å²) in [6.45, 7) is -0.0846. The molecule has 0 aliphatic carbocycles. The Kier molecular flexibility index (Phi) is 7.35. The van der Waals surface area contributed by atoms with Crippen LogP contribution in [-0.4, -0.2) is 40.0 Å². The van der Waals surface area contributed by atoms with Crippen molar-refractivity contribution in [1.82, 2.24) is 5.32 Å². The molecule has 0 aliphatic heterocycles. The van der Waals surface area contributed by atoms with Crippen LogP contribution in [0.15, 0.2) is 18.2 Å². The SMILES string of the molecule is COc1ccc(C(CN)NCC(C)OC)cc1OC(F)F. The van der Waals surface area contributed by atoms with Crippen molar-refractivity contribution in [2.24, 2.45) is 5.73 Å². The maximum absolute atomic E-state index is 12.4. The number of methoxy groups -OCH3 is 2. The molecule has 0 amide bonds. The van der Waals surface area contributed by atoms with Crippen molar-refractivity contribution >= 4 is 0 Å². The molecular formula is C14H22F2N2O3. The number of nitrogens with one attached hydrogen (secondary N) is 1. The summed E-state index contributed by atoms with van der Waals surface area (Å²) >= 11 is 0. The summed E-state index contributed by atoms with van der Waals surface area (Å²) in [4.78, 5) is 0. The van der Waals surface area contributed by atoms with Crippen LogP contribution in [0.3, 0.4) is 0 Å². The lowest BCUT2D eigenvalue weighted by atomic mass is 10.1. The van der Waals surface area contributed by atoms with Crippen LogP contribution in [0.2, 0.25) is 0 Å². The second-order valence-corrected chi connectivity index (χ2v) is 4.53. The predicted molar refractivity (Wildman–Crippen MR) is 75.9 cm³/mol. The highest BCUT2D eigenvalue weighted by Gasteiger charge is 2.16. The number of benzene rings is 1. The Bertz CT molecular complexity index is 433. The van der Waals surface area contributed by atoms with Gasteiger partial charge < -0.3 is 25.3 Å². The topological polar surface area (TPSA) is 65.7 Å². The number of nitrogens with two attached hydrogens (primary N) is 1. The molecule has 7 heteroatoms. The van der Waals surface area contributed by atoms with Crippen molar-refractivity contribution in [2.75, 3.05) is 27.3 Å². The third kappa shape index (κ3) is 5.45. The molecule has 0 saturated heterocycles. The van der Waals surface area contributed by atoms with Crippen molar-refractivity contribution < 1.29 is 23.0 Å². The molecule has 0 saturated carbocycles. The summed E-state index contributed by atoms with van der Waals surface area (Å²) in [5.74, 6) is 0.241. The second kappa shape index (κ2) is 8.76. The lowest BCUT2D eigenvalue weighted by Crippen LogP contribution is -2.34. The van der Waals surface area contributed by atoms with Gasteiger partial charge in [0.1, 0.15) is 0 Å². The van der Waals surface area contributed by atoms with E-state index in [9.17, 15) is 8.78 Å². The molecule has 1 aromatic carbocycles. The summed E-state index contributed by atoms with van der Waals surface area (Å²) < 4.78 is 39.4. The van der Waals surface area contributed by atoms with Crippen molar-refractivity contribution in [3.8, 4) is 11.5 Å². The monoisotopic (exact) mass is 304 g/mol. The minimum absolute atomic E-state index is 0.00922. The Labute approximate surface area is 123 Å². The highest BCUT2D eigenvalue weighted by molar-refractivity contribution is 5.44. The van der Waals surface area contributed by atoms with Gasteiger partial charge in [-0.05, 0) is 24.6 Å². The maximum atomic E-state index is 12.4. The lowest BCUT2D eigenvalue weighted by Gasteiger charge is -2.21. The highest BCUT2D eigenvalue weighted by atomic mass is 19.3. The van der Waals surface area contributed by atoms with E-state index in [1.165, 1.54) is 13.2 Å². The fraction of sp³-hybridized carbons (Fsp3) is 0.571. The standard InChI is InChI=1S/C14H22F2N2O3/c1-9(19-2)8-18-11(7-17)10-4-5-12(20-3)13(6-10)21-14(15)16/h4-6,9,11,14,18H,7-8,17H2,1-3H3. The Morgan fingerprint density at radius 1 is 1.24 bits per heavy atom. The molecule has 3 N–H and O–H groups in total. The average Bonchev–Trinajstić information content (AvgIpc) is 2.47. The fourth-order valence-corrected chi connectivity index (χ4v) is 1.83. The van der Waals surface area contributed by atoms with Gasteiger partial charge in [0.15, 0.2) is 11.5 Å². The first-order valence-electron chi connectivity index (χ1n) is 6.60. The zero-order valence-electron chi connectivity index (χ0n) is 12.4. The Hall–Kier alpha value is -1.44. The largest absolute Gasteiger partial charge is 0.493 e. The third-order valence-corrected chi connectivity index (χ3v) is 3.10. The van der Waals surface area contributed by atoms with Crippen molar-refractivity contribution in [1.29, 1.82) is 0 Å². The maximum Gasteiger partial charge on any atom is 0.387 e. The molecule has 0 aromatic heterocycles. The van der Waals surface area contributed by atoms with Crippen molar-refractivity contribution in [2.45, 2.75) is 25.7 Å². The third-order valence-electron chi connectivity index (χ3n) is 3.10. The van der Waals surface area contributed by atoms with Gasteiger partial charge in [-0.2, -0.15) is 8.78 Å². The van der Waals surface area contributed by atoms with Crippen LogP contribution in [0.25, 0.3) is 0 Å². The van der Waals surface area contributed by atoms with E-state index in [2.05, 4.69) is 10.1 Å². The number of halogens is 2. The van der Waals surface area contributed by atoms with Gasteiger partial charge in [0.05, 0.1) is 13.2 Å². The molecule has 0 fully saturated rings. The molecule has 1 rings (SSSR count). The quantitative estimate of drug-likeness (QED) is 0.729. The van der Waals surface area contributed by atoms with Gasteiger partial charge in [-0.3, -0.25) is 0 Å². The van der Waals surface area contributed by atoms with Crippen LogP contribution < -0.4 is 20.5 Å². The van der Waals surface area contributed by atoms with E-state index in [-0.39, 0.29) is 23.6 Å².